The largest absolute Gasteiger partial charge is 0.399 e. The standard InChI is InChI=1S/C14H19N3/c1-14(2,3)9-16-13-7-4-10-8-11(15)5-6-12(10)17-13/h4-8H,9,15H2,1-3H3,(H,16,17). The van der Waals surface area contributed by atoms with E-state index in [1.807, 2.05) is 30.3 Å². The monoisotopic (exact) mass is 229 g/mol. The second-order valence-electron chi connectivity index (χ2n) is 5.56. The highest BCUT2D eigenvalue weighted by molar-refractivity contribution is 5.83. The lowest BCUT2D eigenvalue weighted by molar-refractivity contribution is 0.442. The molecule has 0 fully saturated rings. The Balaban J connectivity index is 2.23. The molecule has 0 unspecified atom stereocenters. The zero-order chi connectivity index (χ0) is 12.5. The van der Waals surface area contributed by atoms with Gasteiger partial charge in [0.1, 0.15) is 5.82 Å². The molecule has 3 nitrogen and oxygen atoms in total. The van der Waals surface area contributed by atoms with E-state index in [9.17, 15) is 0 Å². The molecule has 1 heterocycles. The van der Waals surface area contributed by atoms with Crippen molar-refractivity contribution in [2.24, 2.45) is 5.41 Å². The second-order valence-corrected chi connectivity index (χ2v) is 5.56. The van der Waals surface area contributed by atoms with Crippen molar-refractivity contribution in [2.75, 3.05) is 17.6 Å². The van der Waals surface area contributed by atoms with Gasteiger partial charge in [-0.3, -0.25) is 0 Å². The number of aromatic nitrogens is 1. The van der Waals surface area contributed by atoms with Crippen LogP contribution in [0.15, 0.2) is 30.3 Å². The van der Waals surface area contributed by atoms with Gasteiger partial charge in [-0.15, -0.1) is 0 Å². The van der Waals surface area contributed by atoms with Gasteiger partial charge >= 0.3 is 0 Å². The molecule has 3 heteroatoms. The Morgan fingerprint density at radius 3 is 2.65 bits per heavy atom. The summed E-state index contributed by atoms with van der Waals surface area (Å²) in [7, 11) is 0. The first-order chi connectivity index (χ1) is 7.94. The highest BCUT2D eigenvalue weighted by Gasteiger charge is 2.09. The Hall–Kier alpha value is -1.77. The van der Waals surface area contributed by atoms with E-state index in [2.05, 4.69) is 31.1 Å². The SMILES string of the molecule is CC(C)(C)CNc1ccc2cc(N)ccc2n1. The normalized spacial score (nSPS) is 11.7. The Bertz CT molecular complexity index is 526. The van der Waals surface area contributed by atoms with E-state index in [-0.39, 0.29) is 5.41 Å². The minimum Gasteiger partial charge on any atom is -0.399 e. The Labute approximate surface area is 102 Å². The summed E-state index contributed by atoms with van der Waals surface area (Å²) >= 11 is 0. The Morgan fingerprint density at radius 2 is 1.94 bits per heavy atom. The molecule has 17 heavy (non-hydrogen) atoms. The van der Waals surface area contributed by atoms with Gasteiger partial charge in [-0.2, -0.15) is 0 Å². The van der Waals surface area contributed by atoms with E-state index < -0.39 is 0 Å². The zero-order valence-electron chi connectivity index (χ0n) is 10.6. The number of benzene rings is 1. The lowest BCUT2D eigenvalue weighted by Gasteiger charge is -2.19. The number of fused-ring (bicyclic) bond motifs is 1. The fraction of sp³-hybridized carbons (Fsp3) is 0.357. The first-order valence-corrected chi connectivity index (χ1v) is 5.84. The van der Waals surface area contributed by atoms with Crippen LogP contribution in [0.25, 0.3) is 10.9 Å². The third-order valence-electron chi connectivity index (χ3n) is 2.51. The number of pyridine rings is 1. The van der Waals surface area contributed by atoms with Crippen LogP contribution >= 0.6 is 0 Å². The topological polar surface area (TPSA) is 50.9 Å². The van der Waals surface area contributed by atoms with E-state index in [0.717, 1.165) is 29.0 Å². The molecule has 1 aromatic heterocycles. The van der Waals surface area contributed by atoms with Crippen molar-refractivity contribution in [1.29, 1.82) is 0 Å². The van der Waals surface area contributed by atoms with Crippen LogP contribution in [-0.4, -0.2) is 11.5 Å². The summed E-state index contributed by atoms with van der Waals surface area (Å²) in [4.78, 5) is 4.55. The summed E-state index contributed by atoms with van der Waals surface area (Å²) in [5, 5.41) is 4.42. The summed E-state index contributed by atoms with van der Waals surface area (Å²) in [6, 6.07) is 9.81. The average Bonchev–Trinajstić information content (AvgIpc) is 2.25. The maximum absolute atomic E-state index is 5.73. The molecule has 0 saturated carbocycles. The second kappa shape index (κ2) is 4.24. The van der Waals surface area contributed by atoms with Crippen LogP contribution in [-0.2, 0) is 0 Å². The van der Waals surface area contributed by atoms with Crippen molar-refractivity contribution < 1.29 is 0 Å². The van der Waals surface area contributed by atoms with Crippen LogP contribution in [0.2, 0.25) is 0 Å². The fourth-order valence-corrected chi connectivity index (χ4v) is 1.60. The predicted molar refractivity (Wildman–Crippen MR) is 74.1 cm³/mol. The van der Waals surface area contributed by atoms with Crippen molar-refractivity contribution in [3.05, 3.63) is 30.3 Å². The number of nitrogen functional groups attached to an aromatic ring is 1. The summed E-state index contributed by atoms with van der Waals surface area (Å²) in [6.45, 7) is 7.49. The molecule has 1 aromatic carbocycles. The fourth-order valence-electron chi connectivity index (χ4n) is 1.60. The summed E-state index contributed by atoms with van der Waals surface area (Å²) < 4.78 is 0. The smallest absolute Gasteiger partial charge is 0.126 e. The molecular weight excluding hydrogens is 210 g/mol. The van der Waals surface area contributed by atoms with Crippen LogP contribution in [0.1, 0.15) is 20.8 Å². The van der Waals surface area contributed by atoms with E-state index in [1.165, 1.54) is 0 Å². The van der Waals surface area contributed by atoms with Gasteiger partial charge in [0.25, 0.3) is 0 Å². The number of hydrogen-bond acceptors (Lipinski definition) is 3. The quantitative estimate of drug-likeness (QED) is 0.777. The number of hydrogen-bond donors (Lipinski definition) is 2. The maximum Gasteiger partial charge on any atom is 0.126 e. The van der Waals surface area contributed by atoms with Crippen LogP contribution < -0.4 is 11.1 Å². The molecule has 0 amide bonds. The Kier molecular flexibility index (Phi) is 2.92. The van der Waals surface area contributed by atoms with Gasteiger partial charge in [0.15, 0.2) is 0 Å². The summed E-state index contributed by atoms with van der Waals surface area (Å²) in [5.41, 5.74) is 7.73. The number of nitrogens with zero attached hydrogens (tertiary/aromatic N) is 1. The molecular formula is C14H19N3. The maximum atomic E-state index is 5.73. The van der Waals surface area contributed by atoms with Crippen molar-refractivity contribution in [3.8, 4) is 0 Å². The van der Waals surface area contributed by atoms with Crippen molar-refractivity contribution in [3.63, 3.8) is 0 Å². The molecule has 0 atom stereocenters. The molecule has 0 aliphatic heterocycles. The van der Waals surface area contributed by atoms with E-state index in [4.69, 9.17) is 5.73 Å². The number of rotatable bonds is 2. The van der Waals surface area contributed by atoms with Gasteiger partial charge in [0.05, 0.1) is 5.52 Å². The van der Waals surface area contributed by atoms with Crippen molar-refractivity contribution in [2.45, 2.75) is 20.8 Å². The van der Waals surface area contributed by atoms with Crippen molar-refractivity contribution in [1.82, 2.24) is 4.98 Å². The lowest BCUT2D eigenvalue weighted by Crippen LogP contribution is -2.19. The molecule has 0 aliphatic carbocycles. The van der Waals surface area contributed by atoms with Crippen molar-refractivity contribution >= 4 is 22.4 Å². The molecule has 0 aliphatic rings. The summed E-state index contributed by atoms with van der Waals surface area (Å²) in [5.74, 6) is 0.914. The number of anilines is 2. The van der Waals surface area contributed by atoms with Gasteiger partial charge in [0.2, 0.25) is 0 Å². The zero-order valence-corrected chi connectivity index (χ0v) is 10.6. The van der Waals surface area contributed by atoms with Gasteiger partial charge < -0.3 is 11.1 Å². The lowest BCUT2D eigenvalue weighted by atomic mass is 9.97. The molecule has 0 saturated heterocycles. The minimum atomic E-state index is 0.248. The van der Waals surface area contributed by atoms with Gasteiger partial charge in [0, 0.05) is 17.6 Å². The molecule has 2 rings (SSSR count). The average molecular weight is 229 g/mol. The third-order valence-corrected chi connectivity index (χ3v) is 2.51. The first kappa shape index (κ1) is 11.7. The van der Waals surface area contributed by atoms with Crippen LogP contribution in [0.3, 0.4) is 0 Å². The highest BCUT2D eigenvalue weighted by Crippen LogP contribution is 2.19. The van der Waals surface area contributed by atoms with E-state index in [0.29, 0.717) is 0 Å². The third kappa shape index (κ3) is 3.09. The molecule has 90 valence electrons. The van der Waals surface area contributed by atoms with Crippen LogP contribution in [0.4, 0.5) is 11.5 Å². The highest BCUT2D eigenvalue weighted by atomic mass is 15.0. The molecule has 0 bridgehead atoms. The minimum absolute atomic E-state index is 0.248. The predicted octanol–water partition coefficient (Wildman–Crippen LogP) is 3.28. The Morgan fingerprint density at radius 1 is 1.18 bits per heavy atom. The van der Waals surface area contributed by atoms with Crippen LogP contribution in [0, 0.1) is 5.41 Å². The van der Waals surface area contributed by atoms with E-state index >= 15 is 0 Å². The summed E-state index contributed by atoms with van der Waals surface area (Å²) in [6.07, 6.45) is 0. The molecule has 2 aromatic rings. The molecule has 3 N–H and O–H groups in total. The molecule has 0 spiro atoms. The number of nitrogens with two attached hydrogens (primary N) is 1. The molecule has 0 radical (unpaired) electrons. The number of nitrogens with one attached hydrogen (secondary N) is 1. The van der Waals surface area contributed by atoms with E-state index in [1.54, 1.807) is 0 Å². The first-order valence-electron chi connectivity index (χ1n) is 5.84. The van der Waals surface area contributed by atoms with Gasteiger partial charge in [-0.05, 0) is 35.7 Å². The van der Waals surface area contributed by atoms with Crippen LogP contribution in [0.5, 0.6) is 0 Å². The van der Waals surface area contributed by atoms with Gasteiger partial charge in [-0.1, -0.05) is 20.8 Å². The van der Waals surface area contributed by atoms with Gasteiger partial charge in [-0.25, -0.2) is 4.98 Å².